The summed E-state index contributed by atoms with van der Waals surface area (Å²) < 4.78 is 0. The third-order valence-corrected chi connectivity index (χ3v) is 5.77. The van der Waals surface area contributed by atoms with Gasteiger partial charge in [0.05, 0.1) is 18.7 Å². The highest BCUT2D eigenvalue weighted by Crippen LogP contribution is 2.42. The number of likely N-dealkylation sites (tertiary alicyclic amines) is 1. The second-order valence-corrected chi connectivity index (χ2v) is 7.66. The first-order chi connectivity index (χ1) is 13.0. The average molecular weight is 370 g/mol. The van der Waals surface area contributed by atoms with Crippen LogP contribution in [0.3, 0.4) is 0 Å². The first-order valence-electron chi connectivity index (χ1n) is 9.91. The van der Waals surface area contributed by atoms with E-state index >= 15 is 0 Å². The minimum absolute atomic E-state index is 0.0353. The highest BCUT2D eigenvalue weighted by Gasteiger charge is 2.51. The molecule has 1 aromatic carbocycles. The fourth-order valence-electron chi connectivity index (χ4n) is 4.18. The van der Waals surface area contributed by atoms with Crippen molar-refractivity contribution in [1.29, 1.82) is 0 Å². The van der Waals surface area contributed by atoms with E-state index in [4.69, 9.17) is 0 Å². The van der Waals surface area contributed by atoms with Gasteiger partial charge in [0.15, 0.2) is 0 Å². The van der Waals surface area contributed by atoms with Gasteiger partial charge < -0.3 is 14.9 Å². The van der Waals surface area contributed by atoms with Crippen LogP contribution >= 0.6 is 0 Å². The summed E-state index contributed by atoms with van der Waals surface area (Å²) in [6.07, 6.45) is 6.39. The molecule has 1 aliphatic carbocycles. The Balaban J connectivity index is 1.83. The van der Waals surface area contributed by atoms with Crippen molar-refractivity contribution in [2.45, 2.75) is 51.1 Å². The molecule has 3 rings (SSSR count). The van der Waals surface area contributed by atoms with Gasteiger partial charge in [-0.2, -0.15) is 0 Å². The second-order valence-electron chi connectivity index (χ2n) is 7.66. The first-order valence-corrected chi connectivity index (χ1v) is 9.91. The normalized spacial score (nSPS) is 24.7. The van der Waals surface area contributed by atoms with Crippen molar-refractivity contribution < 1.29 is 14.7 Å². The molecule has 0 radical (unpaired) electrons. The zero-order chi connectivity index (χ0) is 19.6. The van der Waals surface area contributed by atoms with Gasteiger partial charge in [-0.1, -0.05) is 43.3 Å². The number of hydrogen-bond acceptors (Lipinski definition) is 3. The predicted octanol–water partition coefficient (Wildman–Crippen LogP) is 2.65. The molecule has 1 heterocycles. The molecule has 5 heteroatoms. The Morgan fingerprint density at radius 1 is 1.22 bits per heavy atom. The van der Waals surface area contributed by atoms with Crippen LogP contribution in [0.4, 0.5) is 0 Å². The molecule has 2 fully saturated rings. The number of aliphatic hydroxyl groups excluding tert-OH is 1. The molecule has 0 unspecified atom stereocenters. The lowest BCUT2D eigenvalue weighted by molar-refractivity contribution is -0.154. The Bertz CT molecular complexity index is 709. The van der Waals surface area contributed by atoms with Crippen LogP contribution in [0, 0.1) is 5.92 Å². The van der Waals surface area contributed by atoms with Crippen molar-refractivity contribution in [3.8, 4) is 0 Å². The van der Waals surface area contributed by atoms with Gasteiger partial charge >= 0.3 is 0 Å². The third kappa shape index (κ3) is 3.93. The van der Waals surface area contributed by atoms with Crippen LogP contribution in [0.5, 0.6) is 0 Å². The van der Waals surface area contributed by atoms with E-state index in [1.54, 1.807) is 9.80 Å². The number of aliphatic hydroxyl groups is 1. The fourth-order valence-corrected chi connectivity index (χ4v) is 4.18. The lowest BCUT2D eigenvalue weighted by Crippen LogP contribution is -2.68. The molecule has 0 aromatic heterocycles. The maximum atomic E-state index is 12.5. The van der Waals surface area contributed by atoms with Gasteiger partial charge in [0.25, 0.3) is 0 Å². The van der Waals surface area contributed by atoms with Crippen molar-refractivity contribution >= 4 is 17.9 Å². The maximum absolute atomic E-state index is 12.5. The van der Waals surface area contributed by atoms with Gasteiger partial charge in [-0.3, -0.25) is 9.59 Å². The van der Waals surface area contributed by atoms with Crippen LogP contribution in [-0.4, -0.2) is 59.0 Å². The smallest absolute Gasteiger partial charge is 0.225 e. The van der Waals surface area contributed by atoms with Crippen LogP contribution in [0.15, 0.2) is 30.3 Å². The van der Waals surface area contributed by atoms with Gasteiger partial charge in [0.1, 0.15) is 0 Å². The van der Waals surface area contributed by atoms with E-state index in [9.17, 15) is 14.7 Å². The lowest BCUT2D eigenvalue weighted by Gasteiger charge is -2.56. The highest BCUT2D eigenvalue weighted by atomic mass is 16.3. The summed E-state index contributed by atoms with van der Waals surface area (Å²) >= 11 is 0. The summed E-state index contributed by atoms with van der Waals surface area (Å²) in [6, 6.07) is 7.96. The number of carbonyl (C=O) groups is 2. The molecule has 5 nitrogen and oxygen atoms in total. The zero-order valence-corrected chi connectivity index (χ0v) is 16.5. The molecule has 3 atom stereocenters. The molecule has 27 heavy (non-hydrogen) atoms. The Morgan fingerprint density at radius 2 is 1.89 bits per heavy atom. The molecular weight excluding hydrogens is 340 g/mol. The Labute approximate surface area is 161 Å². The van der Waals surface area contributed by atoms with Crippen molar-refractivity contribution in [3.05, 3.63) is 41.5 Å². The fraction of sp³-hybridized carbons (Fsp3) is 0.545. The van der Waals surface area contributed by atoms with E-state index in [0.717, 1.165) is 24.0 Å². The SMILES string of the molecule is C/C=C/c1ccc([C@H]2[C@@H](CO)N(C(=O)CC)[C@H]2CN(C)C(=O)C2CC2)cc1. The van der Waals surface area contributed by atoms with Crippen molar-refractivity contribution in [2.75, 3.05) is 20.2 Å². The van der Waals surface area contributed by atoms with Gasteiger partial charge in [0, 0.05) is 31.8 Å². The van der Waals surface area contributed by atoms with E-state index in [1.807, 2.05) is 33.0 Å². The van der Waals surface area contributed by atoms with E-state index in [2.05, 4.69) is 24.3 Å². The number of carbonyl (C=O) groups excluding carboxylic acids is 2. The quantitative estimate of drug-likeness (QED) is 0.803. The lowest BCUT2D eigenvalue weighted by atomic mass is 9.74. The van der Waals surface area contributed by atoms with E-state index < -0.39 is 0 Å². The molecule has 2 aliphatic rings. The number of likely N-dealkylation sites (N-methyl/N-ethyl adjacent to an activating group) is 1. The molecule has 1 saturated heterocycles. The summed E-state index contributed by atoms with van der Waals surface area (Å²) in [5.41, 5.74) is 2.24. The van der Waals surface area contributed by atoms with Gasteiger partial charge in [0.2, 0.25) is 11.8 Å². The Morgan fingerprint density at radius 3 is 2.41 bits per heavy atom. The second kappa shape index (κ2) is 8.26. The summed E-state index contributed by atoms with van der Waals surface area (Å²) in [5.74, 6) is 0.416. The van der Waals surface area contributed by atoms with Crippen LogP contribution < -0.4 is 0 Å². The summed E-state index contributed by atoms with van der Waals surface area (Å²) in [5, 5.41) is 9.95. The molecule has 1 saturated carbocycles. The van der Waals surface area contributed by atoms with Gasteiger partial charge in [-0.15, -0.1) is 0 Å². The van der Waals surface area contributed by atoms with Gasteiger partial charge in [-0.25, -0.2) is 0 Å². The average Bonchev–Trinajstić information content (AvgIpc) is 3.50. The van der Waals surface area contributed by atoms with Gasteiger partial charge in [-0.05, 0) is 30.9 Å². The zero-order valence-electron chi connectivity index (χ0n) is 16.5. The minimum atomic E-state index is -0.223. The maximum Gasteiger partial charge on any atom is 0.225 e. The molecule has 1 aliphatic heterocycles. The van der Waals surface area contributed by atoms with E-state index in [0.29, 0.717) is 13.0 Å². The van der Waals surface area contributed by atoms with Crippen molar-refractivity contribution in [3.63, 3.8) is 0 Å². The first kappa shape index (κ1) is 19.6. The van der Waals surface area contributed by atoms with E-state index in [1.165, 1.54) is 0 Å². The predicted molar refractivity (Wildman–Crippen MR) is 106 cm³/mol. The standard InChI is InChI=1S/C22H30N2O3/c1-4-6-15-7-9-16(10-8-15)21-18(13-23(3)22(27)17-11-12-17)24(19(21)14-25)20(26)5-2/h4,6-10,17-19,21,25H,5,11-14H2,1-3H3/b6-4+/t18-,19+,21+/m0/s1. The van der Waals surface area contributed by atoms with Crippen LogP contribution in [0.25, 0.3) is 6.08 Å². The van der Waals surface area contributed by atoms with Crippen LogP contribution in [-0.2, 0) is 9.59 Å². The molecule has 146 valence electrons. The molecule has 1 N–H and O–H groups in total. The van der Waals surface area contributed by atoms with Crippen molar-refractivity contribution in [1.82, 2.24) is 9.80 Å². The summed E-state index contributed by atoms with van der Waals surface area (Å²) in [7, 11) is 1.83. The topological polar surface area (TPSA) is 60.9 Å². The largest absolute Gasteiger partial charge is 0.394 e. The Hall–Kier alpha value is -2.14. The highest BCUT2D eigenvalue weighted by molar-refractivity contribution is 5.81. The number of amides is 2. The minimum Gasteiger partial charge on any atom is -0.394 e. The number of nitrogens with zero attached hydrogens (tertiary/aromatic N) is 2. The number of rotatable bonds is 7. The molecule has 0 spiro atoms. The number of benzene rings is 1. The summed E-state index contributed by atoms with van der Waals surface area (Å²) in [6.45, 7) is 4.27. The van der Waals surface area contributed by atoms with E-state index in [-0.39, 0.29) is 42.3 Å². The summed E-state index contributed by atoms with van der Waals surface area (Å²) in [4.78, 5) is 28.5. The monoisotopic (exact) mass is 370 g/mol. The van der Waals surface area contributed by atoms with Crippen molar-refractivity contribution in [2.24, 2.45) is 5.92 Å². The molecule has 2 amide bonds. The number of allylic oxidation sites excluding steroid dienone is 1. The third-order valence-electron chi connectivity index (χ3n) is 5.77. The molecular formula is C22H30N2O3. The van der Waals surface area contributed by atoms with Crippen LogP contribution in [0.1, 0.15) is 50.2 Å². The van der Waals surface area contributed by atoms with Crippen LogP contribution in [0.2, 0.25) is 0 Å². The molecule has 1 aromatic rings. The molecule has 0 bridgehead atoms. The Kier molecular flexibility index (Phi) is 6.00. The number of hydrogen-bond donors (Lipinski definition) is 1.